The number of hydrogen-bond acceptors (Lipinski definition) is 2. The molecule has 2 rings (SSSR count). The molecule has 1 N–H and O–H groups in total. The van der Waals surface area contributed by atoms with E-state index < -0.39 is 6.10 Å². The predicted octanol–water partition coefficient (Wildman–Crippen LogP) is 4.21. The SMILES string of the molecule is COc1cccc(Cl)c1C(O)C1CCC(C)CC1. The molecule has 0 bridgehead atoms. The highest BCUT2D eigenvalue weighted by molar-refractivity contribution is 6.31. The van der Waals surface area contributed by atoms with Gasteiger partial charge in [0, 0.05) is 5.56 Å². The number of methoxy groups -OCH3 is 1. The first-order chi connectivity index (χ1) is 8.63. The second kappa shape index (κ2) is 5.94. The van der Waals surface area contributed by atoms with Gasteiger partial charge < -0.3 is 9.84 Å². The number of halogens is 1. The van der Waals surface area contributed by atoms with Crippen LogP contribution in [0.3, 0.4) is 0 Å². The van der Waals surface area contributed by atoms with Crippen LogP contribution in [0.25, 0.3) is 0 Å². The first-order valence-corrected chi connectivity index (χ1v) is 7.01. The number of aliphatic hydroxyl groups excluding tert-OH is 1. The van der Waals surface area contributed by atoms with Gasteiger partial charge in [-0.2, -0.15) is 0 Å². The minimum atomic E-state index is -0.513. The number of benzene rings is 1. The zero-order chi connectivity index (χ0) is 13.1. The molecule has 18 heavy (non-hydrogen) atoms. The van der Waals surface area contributed by atoms with Crippen molar-refractivity contribution in [1.29, 1.82) is 0 Å². The Morgan fingerprint density at radius 2 is 1.94 bits per heavy atom. The summed E-state index contributed by atoms with van der Waals surface area (Å²) in [4.78, 5) is 0. The molecule has 1 aromatic carbocycles. The first kappa shape index (κ1) is 13.7. The van der Waals surface area contributed by atoms with Crippen molar-refractivity contribution in [3.05, 3.63) is 28.8 Å². The summed E-state index contributed by atoms with van der Waals surface area (Å²) in [5.41, 5.74) is 0.751. The van der Waals surface area contributed by atoms with E-state index >= 15 is 0 Å². The lowest BCUT2D eigenvalue weighted by molar-refractivity contribution is 0.0735. The Hall–Kier alpha value is -0.730. The topological polar surface area (TPSA) is 29.5 Å². The van der Waals surface area contributed by atoms with Crippen molar-refractivity contribution >= 4 is 11.6 Å². The molecule has 0 amide bonds. The minimum absolute atomic E-state index is 0.301. The molecule has 1 aliphatic rings. The highest BCUT2D eigenvalue weighted by atomic mass is 35.5. The Morgan fingerprint density at radius 3 is 2.56 bits per heavy atom. The van der Waals surface area contributed by atoms with Crippen LogP contribution >= 0.6 is 11.6 Å². The highest BCUT2D eigenvalue weighted by Gasteiger charge is 2.28. The van der Waals surface area contributed by atoms with Crippen molar-refractivity contribution in [3.8, 4) is 5.75 Å². The van der Waals surface area contributed by atoms with Crippen LogP contribution in [0.4, 0.5) is 0 Å². The third-order valence-electron chi connectivity index (χ3n) is 4.04. The van der Waals surface area contributed by atoms with Gasteiger partial charge in [0.25, 0.3) is 0 Å². The van der Waals surface area contributed by atoms with Crippen LogP contribution < -0.4 is 4.74 Å². The fourth-order valence-electron chi connectivity index (χ4n) is 2.82. The Labute approximate surface area is 114 Å². The average molecular weight is 269 g/mol. The van der Waals surface area contributed by atoms with Crippen LogP contribution in [-0.4, -0.2) is 12.2 Å². The monoisotopic (exact) mass is 268 g/mol. The fourth-order valence-corrected chi connectivity index (χ4v) is 3.10. The smallest absolute Gasteiger partial charge is 0.126 e. The van der Waals surface area contributed by atoms with E-state index in [2.05, 4.69) is 6.92 Å². The van der Waals surface area contributed by atoms with E-state index in [0.717, 1.165) is 24.3 Å². The molecule has 1 atom stereocenters. The molecule has 1 saturated carbocycles. The molecule has 0 aliphatic heterocycles. The maximum absolute atomic E-state index is 10.6. The van der Waals surface area contributed by atoms with Crippen molar-refractivity contribution in [3.63, 3.8) is 0 Å². The molecule has 0 spiro atoms. The maximum Gasteiger partial charge on any atom is 0.126 e. The van der Waals surface area contributed by atoms with Crippen LogP contribution in [0.5, 0.6) is 5.75 Å². The number of rotatable bonds is 3. The first-order valence-electron chi connectivity index (χ1n) is 6.64. The predicted molar refractivity (Wildman–Crippen MR) is 74.1 cm³/mol. The third kappa shape index (κ3) is 2.81. The average Bonchev–Trinajstić information content (AvgIpc) is 2.38. The normalized spacial score (nSPS) is 25.8. The van der Waals surface area contributed by atoms with E-state index in [-0.39, 0.29) is 0 Å². The largest absolute Gasteiger partial charge is 0.496 e. The van der Waals surface area contributed by atoms with E-state index in [1.165, 1.54) is 12.8 Å². The van der Waals surface area contributed by atoms with Crippen molar-refractivity contribution < 1.29 is 9.84 Å². The van der Waals surface area contributed by atoms with Gasteiger partial charge in [-0.3, -0.25) is 0 Å². The molecule has 1 unspecified atom stereocenters. The molecule has 1 aromatic rings. The summed E-state index contributed by atoms with van der Waals surface area (Å²) >= 11 is 6.21. The molecule has 0 radical (unpaired) electrons. The van der Waals surface area contributed by atoms with Gasteiger partial charge in [-0.15, -0.1) is 0 Å². The molecule has 0 saturated heterocycles. The quantitative estimate of drug-likeness (QED) is 0.890. The van der Waals surface area contributed by atoms with Crippen molar-refractivity contribution in [2.45, 2.75) is 38.7 Å². The molecule has 2 nitrogen and oxygen atoms in total. The minimum Gasteiger partial charge on any atom is -0.496 e. The zero-order valence-electron chi connectivity index (χ0n) is 11.0. The van der Waals surface area contributed by atoms with Crippen molar-refractivity contribution in [1.82, 2.24) is 0 Å². The second-order valence-electron chi connectivity index (χ2n) is 5.32. The number of hydrogen-bond donors (Lipinski definition) is 1. The molecule has 100 valence electrons. The standard InChI is InChI=1S/C15H21ClO2/c1-10-6-8-11(9-7-10)15(17)14-12(16)4-3-5-13(14)18-2/h3-5,10-11,15,17H,6-9H2,1-2H3. The Balaban J connectivity index is 2.20. The van der Waals surface area contributed by atoms with Gasteiger partial charge in [0.2, 0.25) is 0 Å². The van der Waals surface area contributed by atoms with E-state index in [4.69, 9.17) is 16.3 Å². The van der Waals surface area contributed by atoms with E-state index in [1.807, 2.05) is 18.2 Å². The fraction of sp³-hybridized carbons (Fsp3) is 0.600. The van der Waals surface area contributed by atoms with Gasteiger partial charge in [0.05, 0.1) is 18.2 Å². The van der Waals surface area contributed by atoms with Crippen LogP contribution in [0, 0.1) is 11.8 Å². The molecule has 0 aromatic heterocycles. The summed E-state index contributed by atoms with van der Waals surface area (Å²) in [6.07, 6.45) is 4.00. The lowest BCUT2D eigenvalue weighted by Crippen LogP contribution is -2.20. The number of aliphatic hydroxyl groups is 1. The lowest BCUT2D eigenvalue weighted by atomic mass is 9.78. The number of ether oxygens (including phenoxy) is 1. The van der Waals surface area contributed by atoms with E-state index in [0.29, 0.717) is 16.7 Å². The zero-order valence-corrected chi connectivity index (χ0v) is 11.8. The van der Waals surface area contributed by atoms with Gasteiger partial charge >= 0.3 is 0 Å². The maximum atomic E-state index is 10.6. The van der Waals surface area contributed by atoms with Gasteiger partial charge in [-0.05, 0) is 36.8 Å². The summed E-state index contributed by atoms with van der Waals surface area (Å²) < 4.78 is 5.31. The molecular formula is C15H21ClO2. The Morgan fingerprint density at radius 1 is 1.28 bits per heavy atom. The lowest BCUT2D eigenvalue weighted by Gasteiger charge is -2.31. The molecule has 1 aliphatic carbocycles. The molecule has 0 heterocycles. The van der Waals surface area contributed by atoms with Crippen LogP contribution in [-0.2, 0) is 0 Å². The van der Waals surface area contributed by atoms with Gasteiger partial charge in [0.15, 0.2) is 0 Å². The summed E-state index contributed by atoms with van der Waals surface area (Å²) in [6.45, 7) is 2.28. The summed E-state index contributed by atoms with van der Waals surface area (Å²) in [6, 6.07) is 5.52. The summed E-state index contributed by atoms with van der Waals surface area (Å²) in [7, 11) is 1.62. The van der Waals surface area contributed by atoms with E-state index in [1.54, 1.807) is 7.11 Å². The summed E-state index contributed by atoms with van der Waals surface area (Å²) in [5, 5.41) is 11.2. The molecule has 3 heteroatoms. The van der Waals surface area contributed by atoms with Crippen molar-refractivity contribution in [2.75, 3.05) is 7.11 Å². The second-order valence-corrected chi connectivity index (χ2v) is 5.73. The van der Waals surface area contributed by atoms with Gasteiger partial charge in [0.1, 0.15) is 5.75 Å². The van der Waals surface area contributed by atoms with E-state index in [9.17, 15) is 5.11 Å². The Bertz CT molecular complexity index is 397. The van der Waals surface area contributed by atoms with Gasteiger partial charge in [-0.25, -0.2) is 0 Å². The van der Waals surface area contributed by atoms with Crippen LogP contribution in [0.2, 0.25) is 5.02 Å². The highest BCUT2D eigenvalue weighted by Crippen LogP contribution is 2.42. The van der Waals surface area contributed by atoms with Gasteiger partial charge in [-0.1, -0.05) is 37.4 Å². The van der Waals surface area contributed by atoms with Crippen LogP contribution in [0.15, 0.2) is 18.2 Å². The van der Waals surface area contributed by atoms with Crippen LogP contribution in [0.1, 0.15) is 44.3 Å². The van der Waals surface area contributed by atoms with Crippen molar-refractivity contribution in [2.24, 2.45) is 11.8 Å². The third-order valence-corrected chi connectivity index (χ3v) is 4.37. The molecular weight excluding hydrogens is 248 g/mol. The summed E-state index contributed by atoms with van der Waals surface area (Å²) in [5.74, 6) is 1.77. The molecule has 1 fully saturated rings. The Kier molecular flexibility index (Phi) is 4.52.